The SMILES string of the molecule is COc1cc(-c2cc(F)cc(C(C)C)c2CC(=O)NS(=O)(=O)c2cccc(CN(C)C)c2)ccn1. The van der Waals surface area contributed by atoms with E-state index in [1.165, 1.54) is 31.5 Å². The van der Waals surface area contributed by atoms with E-state index in [9.17, 15) is 17.6 Å². The van der Waals surface area contributed by atoms with Crippen molar-refractivity contribution in [2.45, 2.75) is 37.6 Å². The predicted octanol–water partition coefficient (Wildman–Crippen LogP) is 4.13. The summed E-state index contributed by atoms with van der Waals surface area (Å²) in [7, 11) is 1.15. The number of hydrogen-bond acceptors (Lipinski definition) is 6. The number of carbonyl (C=O) groups is 1. The van der Waals surface area contributed by atoms with Crippen LogP contribution in [0.1, 0.15) is 36.5 Å². The van der Waals surface area contributed by atoms with Crippen LogP contribution in [-0.4, -0.2) is 45.4 Å². The molecule has 1 heterocycles. The highest BCUT2D eigenvalue weighted by Gasteiger charge is 2.22. The number of aromatic nitrogens is 1. The van der Waals surface area contributed by atoms with Crippen molar-refractivity contribution in [2.75, 3.05) is 21.2 Å². The van der Waals surface area contributed by atoms with Crippen LogP contribution in [0, 0.1) is 5.82 Å². The van der Waals surface area contributed by atoms with E-state index in [0.29, 0.717) is 34.7 Å². The zero-order valence-corrected chi connectivity index (χ0v) is 21.3. The lowest BCUT2D eigenvalue weighted by Gasteiger charge is -2.18. The number of hydrogen-bond donors (Lipinski definition) is 1. The van der Waals surface area contributed by atoms with Crippen LogP contribution in [0.15, 0.2) is 59.6 Å². The number of nitrogens with one attached hydrogen (secondary N) is 1. The fraction of sp³-hybridized carbons (Fsp3) is 0.308. The molecule has 1 amide bonds. The Labute approximate surface area is 206 Å². The number of nitrogens with zero attached hydrogens (tertiary/aromatic N) is 2. The van der Waals surface area contributed by atoms with E-state index in [0.717, 1.165) is 5.56 Å². The number of methoxy groups -OCH3 is 1. The Balaban J connectivity index is 1.96. The van der Waals surface area contributed by atoms with E-state index in [4.69, 9.17) is 4.74 Å². The third-order valence-corrected chi connectivity index (χ3v) is 6.79. The number of benzene rings is 2. The summed E-state index contributed by atoms with van der Waals surface area (Å²) in [6.45, 7) is 4.34. The van der Waals surface area contributed by atoms with Crippen molar-refractivity contribution in [3.63, 3.8) is 0 Å². The molecule has 7 nitrogen and oxygen atoms in total. The molecule has 186 valence electrons. The van der Waals surface area contributed by atoms with E-state index >= 15 is 0 Å². The molecule has 2 aromatic carbocycles. The zero-order valence-electron chi connectivity index (χ0n) is 20.5. The largest absolute Gasteiger partial charge is 0.481 e. The normalized spacial score (nSPS) is 11.7. The number of pyridine rings is 1. The topological polar surface area (TPSA) is 88.6 Å². The van der Waals surface area contributed by atoms with Gasteiger partial charge in [-0.05, 0) is 78.2 Å². The molecule has 0 saturated heterocycles. The summed E-state index contributed by atoms with van der Waals surface area (Å²) in [5.74, 6) is -0.920. The molecule has 1 aromatic heterocycles. The van der Waals surface area contributed by atoms with Crippen LogP contribution in [0.3, 0.4) is 0 Å². The Kier molecular flexibility index (Phi) is 8.24. The van der Waals surface area contributed by atoms with Crippen LogP contribution in [-0.2, 0) is 27.8 Å². The second-order valence-electron chi connectivity index (χ2n) is 8.85. The first-order valence-electron chi connectivity index (χ1n) is 11.1. The average Bonchev–Trinajstić information content (AvgIpc) is 2.79. The minimum Gasteiger partial charge on any atom is -0.481 e. The molecule has 0 radical (unpaired) electrons. The number of rotatable bonds is 9. The Hall–Kier alpha value is -3.30. The third-order valence-electron chi connectivity index (χ3n) is 5.42. The summed E-state index contributed by atoms with van der Waals surface area (Å²) in [4.78, 5) is 19.0. The lowest BCUT2D eigenvalue weighted by molar-refractivity contribution is -0.118. The monoisotopic (exact) mass is 499 g/mol. The molecule has 1 N–H and O–H groups in total. The summed E-state index contributed by atoms with van der Waals surface area (Å²) in [6, 6.07) is 12.5. The molecule has 3 rings (SSSR count). The van der Waals surface area contributed by atoms with Crippen LogP contribution in [0.4, 0.5) is 4.39 Å². The van der Waals surface area contributed by atoms with Gasteiger partial charge in [-0.25, -0.2) is 22.5 Å². The fourth-order valence-corrected chi connectivity index (χ4v) is 4.95. The summed E-state index contributed by atoms with van der Waals surface area (Å²) in [5, 5.41) is 0. The van der Waals surface area contributed by atoms with Gasteiger partial charge < -0.3 is 9.64 Å². The smallest absolute Gasteiger partial charge is 0.264 e. The molecular formula is C26H30FN3O4S. The highest BCUT2D eigenvalue weighted by atomic mass is 32.2. The maximum Gasteiger partial charge on any atom is 0.264 e. The third kappa shape index (κ3) is 6.64. The van der Waals surface area contributed by atoms with Crippen molar-refractivity contribution in [1.29, 1.82) is 0 Å². The van der Waals surface area contributed by atoms with Crippen molar-refractivity contribution >= 4 is 15.9 Å². The van der Waals surface area contributed by atoms with Crippen molar-refractivity contribution in [3.8, 4) is 17.0 Å². The fourth-order valence-electron chi connectivity index (χ4n) is 3.90. The number of halogens is 1. The molecule has 0 aliphatic heterocycles. The summed E-state index contributed by atoms with van der Waals surface area (Å²) < 4.78 is 47.8. The molecule has 0 aliphatic rings. The van der Waals surface area contributed by atoms with Gasteiger partial charge in [-0.2, -0.15) is 0 Å². The number of sulfonamides is 1. The highest BCUT2D eigenvalue weighted by molar-refractivity contribution is 7.90. The summed E-state index contributed by atoms with van der Waals surface area (Å²) >= 11 is 0. The Morgan fingerprint density at radius 2 is 1.89 bits per heavy atom. The van der Waals surface area contributed by atoms with Gasteiger partial charge in [-0.15, -0.1) is 0 Å². The number of carbonyl (C=O) groups excluding carboxylic acids is 1. The Morgan fingerprint density at radius 1 is 1.14 bits per heavy atom. The molecule has 0 atom stereocenters. The molecule has 9 heteroatoms. The lowest BCUT2D eigenvalue weighted by atomic mass is 9.88. The van der Waals surface area contributed by atoms with Gasteiger partial charge in [0.2, 0.25) is 11.8 Å². The van der Waals surface area contributed by atoms with Crippen molar-refractivity contribution in [3.05, 3.63) is 77.2 Å². The van der Waals surface area contributed by atoms with Gasteiger partial charge in [-0.1, -0.05) is 26.0 Å². The van der Waals surface area contributed by atoms with Crippen LogP contribution in [0.5, 0.6) is 5.88 Å². The highest BCUT2D eigenvalue weighted by Crippen LogP contribution is 2.33. The van der Waals surface area contributed by atoms with Crippen LogP contribution >= 0.6 is 0 Å². The quantitative estimate of drug-likeness (QED) is 0.476. The van der Waals surface area contributed by atoms with E-state index in [2.05, 4.69) is 9.71 Å². The van der Waals surface area contributed by atoms with Gasteiger partial charge in [0.25, 0.3) is 10.0 Å². The van der Waals surface area contributed by atoms with Crippen molar-refractivity contribution < 1.29 is 22.3 Å². The van der Waals surface area contributed by atoms with Crippen molar-refractivity contribution in [2.24, 2.45) is 0 Å². The average molecular weight is 500 g/mol. The minimum absolute atomic E-state index is 0.00693. The molecule has 35 heavy (non-hydrogen) atoms. The molecule has 0 aliphatic carbocycles. The molecule has 0 unspecified atom stereocenters. The molecule has 3 aromatic rings. The standard InChI is InChI=1S/C26H30FN3O4S/c1-17(2)22-13-20(27)14-23(19-9-10-28-26(12-19)34-5)24(22)15-25(31)29-35(32,33)21-8-6-7-18(11-21)16-30(3)4/h6-14,17H,15-16H2,1-5H3,(H,29,31). The van der Waals surface area contributed by atoms with E-state index < -0.39 is 21.7 Å². The molecule has 0 saturated carbocycles. The summed E-state index contributed by atoms with van der Waals surface area (Å²) in [5.41, 5.74) is 3.06. The first-order chi connectivity index (χ1) is 16.5. The second-order valence-corrected chi connectivity index (χ2v) is 10.5. The van der Waals surface area contributed by atoms with Gasteiger partial charge in [0, 0.05) is 18.8 Å². The van der Waals surface area contributed by atoms with E-state index in [-0.39, 0.29) is 17.2 Å². The second kappa shape index (κ2) is 11.0. The maximum atomic E-state index is 14.5. The van der Waals surface area contributed by atoms with Crippen molar-refractivity contribution in [1.82, 2.24) is 14.6 Å². The van der Waals surface area contributed by atoms with Crippen LogP contribution in [0.2, 0.25) is 0 Å². The summed E-state index contributed by atoms with van der Waals surface area (Å²) in [6.07, 6.45) is 1.29. The molecule has 0 bridgehead atoms. The minimum atomic E-state index is -4.09. The number of amides is 1. The molecule has 0 fully saturated rings. The van der Waals surface area contributed by atoms with Gasteiger partial charge in [0.15, 0.2) is 0 Å². The lowest BCUT2D eigenvalue weighted by Crippen LogP contribution is -2.32. The first-order valence-corrected chi connectivity index (χ1v) is 12.6. The van der Waals surface area contributed by atoms with Gasteiger partial charge >= 0.3 is 0 Å². The van der Waals surface area contributed by atoms with Gasteiger partial charge in [0.05, 0.1) is 18.4 Å². The number of ether oxygens (including phenoxy) is 1. The van der Waals surface area contributed by atoms with E-state index in [1.54, 1.807) is 24.3 Å². The van der Waals surface area contributed by atoms with Crippen LogP contribution < -0.4 is 9.46 Å². The molecule has 0 spiro atoms. The Morgan fingerprint density at radius 3 is 2.54 bits per heavy atom. The van der Waals surface area contributed by atoms with Gasteiger partial charge in [0.1, 0.15) is 5.82 Å². The van der Waals surface area contributed by atoms with Gasteiger partial charge in [-0.3, -0.25) is 4.79 Å². The maximum absolute atomic E-state index is 14.5. The Bertz CT molecular complexity index is 1320. The van der Waals surface area contributed by atoms with Crippen LogP contribution in [0.25, 0.3) is 11.1 Å². The molecular weight excluding hydrogens is 469 g/mol. The first kappa shape index (κ1) is 26.3. The zero-order chi connectivity index (χ0) is 25.8. The van der Waals surface area contributed by atoms with E-state index in [1.807, 2.05) is 38.9 Å². The predicted molar refractivity (Wildman–Crippen MR) is 133 cm³/mol.